The maximum Gasteiger partial charge on any atom is 0.305 e. The number of carboxylic acid groups (broad SMARTS) is 1. The molecule has 1 atom stereocenters. The van der Waals surface area contributed by atoms with Crippen LogP contribution < -0.4 is 0 Å². The highest BCUT2D eigenvalue weighted by atomic mass is 16.4. The van der Waals surface area contributed by atoms with E-state index in [1.807, 2.05) is 31.5 Å². The van der Waals surface area contributed by atoms with Crippen molar-refractivity contribution in [1.82, 2.24) is 30.0 Å². The minimum atomic E-state index is -0.860. The van der Waals surface area contributed by atoms with Crippen LogP contribution in [0.2, 0.25) is 0 Å². The molecule has 1 unspecified atom stereocenters. The van der Waals surface area contributed by atoms with Gasteiger partial charge in [-0.3, -0.25) is 9.48 Å². The molecule has 0 aromatic carbocycles. The van der Waals surface area contributed by atoms with Gasteiger partial charge in [0.15, 0.2) is 0 Å². The summed E-state index contributed by atoms with van der Waals surface area (Å²) in [5, 5.41) is 25.3. The zero-order valence-corrected chi connectivity index (χ0v) is 12.5. The number of aliphatic carboxylic acids is 1. The van der Waals surface area contributed by atoms with Gasteiger partial charge in [-0.15, -0.1) is 5.10 Å². The third-order valence-electron chi connectivity index (χ3n) is 3.44. The zero-order chi connectivity index (χ0) is 15.4. The van der Waals surface area contributed by atoms with Crippen molar-refractivity contribution in [1.29, 1.82) is 0 Å². The Morgan fingerprint density at radius 3 is 2.71 bits per heavy atom. The highest BCUT2D eigenvalue weighted by Crippen LogP contribution is 2.24. The van der Waals surface area contributed by atoms with Crippen LogP contribution in [-0.4, -0.2) is 41.1 Å². The number of carbonyl (C=O) groups is 1. The molecular weight excluding hydrogens is 272 g/mol. The number of hydrogen-bond acceptors (Lipinski definition) is 5. The van der Waals surface area contributed by atoms with Crippen LogP contribution in [0, 0.1) is 0 Å². The van der Waals surface area contributed by atoms with Gasteiger partial charge in [-0.05, 0) is 36.3 Å². The standard InChI is InChI=1S/C13H20N6O2/c1-4-9-7-11(18(6-3)15-9)13-14-16-17-19(13)10(5-2)8-12(20)21/h7,10H,4-6,8H2,1-3H3,(H,20,21). The molecule has 0 aliphatic rings. The van der Waals surface area contributed by atoms with Crippen LogP contribution in [-0.2, 0) is 17.8 Å². The molecule has 8 heteroatoms. The summed E-state index contributed by atoms with van der Waals surface area (Å²) in [6.45, 7) is 6.67. The highest BCUT2D eigenvalue weighted by Gasteiger charge is 2.22. The van der Waals surface area contributed by atoms with Gasteiger partial charge in [0.1, 0.15) is 5.69 Å². The van der Waals surface area contributed by atoms with Crippen molar-refractivity contribution in [2.24, 2.45) is 0 Å². The number of aromatic nitrogens is 6. The fraction of sp³-hybridized carbons (Fsp3) is 0.615. The molecule has 0 radical (unpaired) electrons. The normalized spacial score (nSPS) is 12.5. The van der Waals surface area contributed by atoms with Crippen molar-refractivity contribution in [2.45, 2.75) is 52.6 Å². The van der Waals surface area contributed by atoms with E-state index in [1.54, 1.807) is 4.68 Å². The molecule has 0 aliphatic carbocycles. The van der Waals surface area contributed by atoms with E-state index >= 15 is 0 Å². The molecule has 2 aromatic heterocycles. The van der Waals surface area contributed by atoms with Gasteiger partial charge in [0, 0.05) is 6.54 Å². The van der Waals surface area contributed by atoms with Crippen LogP contribution in [0.5, 0.6) is 0 Å². The van der Waals surface area contributed by atoms with Gasteiger partial charge in [-0.1, -0.05) is 13.8 Å². The topological polar surface area (TPSA) is 98.7 Å². The Bertz CT molecular complexity index is 618. The van der Waals surface area contributed by atoms with Crippen molar-refractivity contribution in [3.05, 3.63) is 11.8 Å². The number of hydrogen-bond donors (Lipinski definition) is 1. The first-order chi connectivity index (χ1) is 10.1. The lowest BCUT2D eigenvalue weighted by Gasteiger charge is -2.14. The summed E-state index contributed by atoms with van der Waals surface area (Å²) in [5.74, 6) is -0.293. The second-order valence-electron chi connectivity index (χ2n) is 4.80. The Kier molecular flexibility index (Phi) is 4.66. The molecule has 0 amide bonds. The third kappa shape index (κ3) is 3.09. The predicted molar refractivity (Wildman–Crippen MR) is 75.7 cm³/mol. The summed E-state index contributed by atoms with van der Waals surface area (Å²) in [4.78, 5) is 11.0. The predicted octanol–water partition coefficient (Wildman–Crippen LogP) is 1.54. The number of tetrazole rings is 1. The molecule has 8 nitrogen and oxygen atoms in total. The van der Waals surface area contributed by atoms with Gasteiger partial charge in [0.25, 0.3) is 0 Å². The van der Waals surface area contributed by atoms with E-state index in [0.29, 0.717) is 18.8 Å². The minimum Gasteiger partial charge on any atom is -0.481 e. The SMILES string of the molecule is CCc1cc(-c2nnnn2C(CC)CC(=O)O)n(CC)n1. The Morgan fingerprint density at radius 2 is 2.14 bits per heavy atom. The average molecular weight is 292 g/mol. The Balaban J connectivity index is 2.44. The zero-order valence-electron chi connectivity index (χ0n) is 12.5. The molecule has 0 saturated carbocycles. The van der Waals surface area contributed by atoms with Crippen LogP contribution in [0.3, 0.4) is 0 Å². The summed E-state index contributed by atoms with van der Waals surface area (Å²) < 4.78 is 3.44. The van der Waals surface area contributed by atoms with E-state index in [9.17, 15) is 4.79 Å². The summed E-state index contributed by atoms with van der Waals surface area (Å²) >= 11 is 0. The van der Waals surface area contributed by atoms with E-state index in [4.69, 9.17) is 5.11 Å². The lowest BCUT2D eigenvalue weighted by atomic mass is 10.1. The first-order valence-corrected chi connectivity index (χ1v) is 7.17. The fourth-order valence-corrected chi connectivity index (χ4v) is 2.28. The Hall–Kier alpha value is -2.25. The minimum absolute atomic E-state index is 0.00453. The average Bonchev–Trinajstić information content (AvgIpc) is 3.09. The largest absolute Gasteiger partial charge is 0.481 e. The van der Waals surface area contributed by atoms with Crippen molar-refractivity contribution >= 4 is 5.97 Å². The lowest BCUT2D eigenvalue weighted by molar-refractivity contribution is -0.138. The van der Waals surface area contributed by atoms with Gasteiger partial charge >= 0.3 is 5.97 Å². The van der Waals surface area contributed by atoms with Crippen LogP contribution in [0.4, 0.5) is 0 Å². The lowest BCUT2D eigenvalue weighted by Crippen LogP contribution is -2.16. The number of aryl methyl sites for hydroxylation is 2. The maximum atomic E-state index is 11.0. The van der Waals surface area contributed by atoms with E-state index in [0.717, 1.165) is 17.8 Å². The molecule has 2 aromatic rings. The summed E-state index contributed by atoms with van der Waals surface area (Å²) in [7, 11) is 0. The molecule has 0 aliphatic heterocycles. The molecule has 0 fully saturated rings. The van der Waals surface area contributed by atoms with Gasteiger partial charge < -0.3 is 5.11 Å². The van der Waals surface area contributed by atoms with Crippen molar-refractivity contribution in [2.75, 3.05) is 0 Å². The quantitative estimate of drug-likeness (QED) is 0.831. The van der Waals surface area contributed by atoms with Crippen LogP contribution in [0.15, 0.2) is 6.07 Å². The second-order valence-corrected chi connectivity index (χ2v) is 4.80. The van der Waals surface area contributed by atoms with Crippen LogP contribution >= 0.6 is 0 Å². The number of rotatable bonds is 7. The molecule has 2 rings (SSSR count). The molecule has 1 N–H and O–H groups in total. The maximum absolute atomic E-state index is 11.0. The van der Waals surface area contributed by atoms with Crippen molar-refractivity contribution in [3.63, 3.8) is 0 Å². The fourth-order valence-electron chi connectivity index (χ4n) is 2.28. The van der Waals surface area contributed by atoms with Gasteiger partial charge in [0.05, 0.1) is 18.2 Å². The molecule has 0 bridgehead atoms. The highest BCUT2D eigenvalue weighted by molar-refractivity contribution is 5.67. The Labute approximate surface area is 122 Å². The molecular formula is C13H20N6O2. The monoisotopic (exact) mass is 292 g/mol. The van der Waals surface area contributed by atoms with E-state index in [1.165, 1.54) is 0 Å². The van der Waals surface area contributed by atoms with Crippen molar-refractivity contribution < 1.29 is 9.90 Å². The third-order valence-corrected chi connectivity index (χ3v) is 3.44. The van der Waals surface area contributed by atoms with E-state index in [-0.39, 0.29) is 12.5 Å². The first-order valence-electron chi connectivity index (χ1n) is 7.17. The van der Waals surface area contributed by atoms with Crippen molar-refractivity contribution in [3.8, 4) is 11.5 Å². The molecule has 114 valence electrons. The molecule has 21 heavy (non-hydrogen) atoms. The van der Waals surface area contributed by atoms with Gasteiger partial charge in [0.2, 0.25) is 5.82 Å². The van der Waals surface area contributed by atoms with E-state index in [2.05, 4.69) is 20.6 Å². The van der Waals surface area contributed by atoms with Gasteiger partial charge in [-0.25, -0.2) is 4.68 Å². The summed E-state index contributed by atoms with van der Waals surface area (Å²) in [6, 6.07) is 1.69. The van der Waals surface area contributed by atoms with Crippen LogP contribution in [0.1, 0.15) is 45.3 Å². The Morgan fingerprint density at radius 1 is 1.38 bits per heavy atom. The van der Waals surface area contributed by atoms with E-state index < -0.39 is 5.97 Å². The van der Waals surface area contributed by atoms with Crippen LogP contribution in [0.25, 0.3) is 11.5 Å². The second kappa shape index (κ2) is 6.47. The summed E-state index contributed by atoms with van der Waals surface area (Å²) in [5.41, 5.74) is 1.79. The smallest absolute Gasteiger partial charge is 0.305 e. The first kappa shape index (κ1) is 15.1. The molecule has 0 spiro atoms. The van der Waals surface area contributed by atoms with Gasteiger partial charge in [-0.2, -0.15) is 5.10 Å². The number of carboxylic acids is 1. The summed E-state index contributed by atoms with van der Waals surface area (Å²) in [6.07, 6.45) is 1.47. The molecule has 2 heterocycles. The molecule has 0 saturated heterocycles. The number of nitrogens with zero attached hydrogens (tertiary/aromatic N) is 6.